The van der Waals surface area contributed by atoms with E-state index in [-0.39, 0.29) is 12.4 Å². The number of nitrogens with zero attached hydrogens (tertiary/aromatic N) is 4. The first kappa shape index (κ1) is 14.8. The number of rotatable bonds is 8. The first-order valence-corrected chi connectivity index (χ1v) is 5.08. The molecule has 1 rings (SSSR count). The molecule has 0 fully saturated rings. The maximum Gasteiger partial charge on any atom is 0.326 e. The third kappa shape index (κ3) is 4.18. The molecule has 18 heavy (non-hydrogen) atoms. The minimum absolute atomic E-state index is 0.0615. The van der Waals surface area contributed by atoms with Crippen molar-refractivity contribution in [1.29, 1.82) is 0 Å². The summed E-state index contributed by atoms with van der Waals surface area (Å²) >= 11 is 0. The zero-order chi connectivity index (χ0) is 13.6. The summed E-state index contributed by atoms with van der Waals surface area (Å²) in [4.78, 5) is 0. The molecular weight excluding hydrogens is 258 g/mol. The number of ether oxygens (including phenoxy) is 1. The van der Waals surface area contributed by atoms with Gasteiger partial charge in [0, 0.05) is 13.7 Å². The second-order valence-electron chi connectivity index (χ2n) is 3.48. The standard InChI is InChI=1S/C8H13F4N5O/c1-18-3-2-13-4-6-14-15-16-17(6)5-8(11,12)7(9)10/h7,13H,2-5H2,1H3. The third-order valence-electron chi connectivity index (χ3n) is 2.05. The lowest BCUT2D eigenvalue weighted by Gasteiger charge is -2.15. The van der Waals surface area contributed by atoms with E-state index in [1.807, 2.05) is 0 Å². The zero-order valence-corrected chi connectivity index (χ0v) is 9.61. The van der Waals surface area contributed by atoms with Crippen molar-refractivity contribution in [2.24, 2.45) is 0 Å². The molecule has 0 amide bonds. The molecule has 0 aliphatic rings. The van der Waals surface area contributed by atoms with Crippen LogP contribution >= 0.6 is 0 Å². The maximum absolute atomic E-state index is 12.8. The predicted octanol–water partition coefficient (Wildman–Crippen LogP) is 0.309. The highest BCUT2D eigenvalue weighted by atomic mass is 19.3. The monoisotopic (exact) mass is 271 g/mol. The van der Waals surface area contributed by atoms with Gasteiger partial charge in [0.05, 0.1) is 13.2 Å². The second kappa shape index (κ2) is 6.59. The van der Waals surface area contributed by atoms with Crippen molar-refractivity contribution >= 4 is 0 Å². The molecular formula is C8H13F4N5O. The smallest absolute Gasteiger partial charge is 0.326 e. The van der Waals surface area contributed by atoms with Crippen molar-refractivity contribution in [2.45, 2.75) is 25.4 Å². The summed E-state index contributed by atoms with van der Waals surface area (Å²) in [5, 5.41) is 12.7. The lowest BCUT2D eigenvalue weighted by molar-refractivity contribution is -0.140. The topological polar surface area (TPSA) is 64.9 Å². The number of hydrogen-bond donors (Lipinski definition) is 1. The Hall–Kier alpha value is -1.29. The first-order chi connectivity index (χ1) is 8.47. The summed E-state index contributed by atoms with van der Waals surface area (Å²) in [6.07, 6.45) is -3.75. The van der Waals surface area contributed by atoms with E-state index in [1.165, 1.54) is 7.11 Å². The summed E-state index contributed by atoms with van der Waals surface area (Å²) in [7, 11) is 1.51. The predicted molar refractivity (Wildman–Crippen MR) is 52.4 cm³/mol. The molecule has 0 bridgehead atoms. The molecule has 0 spiro atoms. The molecule has 0 saturated carbocycles. The Morgan fingerprint density at radius 1 is 1.44 bits per heavy atom. The summed E-state index contributed by atoms with van der Waals surface area (Å²) in [5.74, 6) is -4.09. The van der Waals surface area contributed by atoms with Gasteiger partial charge in [-0.1, -0.05) is 0 Å². The average molecular weight is 271 g/mol. The summed E-state index contributed by atoms with van der Waals surface area (Å²) in [5.41, 5.74) is 0. The highest BCUT2D eigenvalue weighted by Crippen LogP contribution is 2.24. The van der Waals surface area contributed by atoms with Crippen molar-refractivity contribution in [3.63, 3.8) is 0 Å². The van der Waals surface area contributed by atoms with Crippen molar-refractivity contribution in [1.82, 2.24) is 25.5 Å². The van der Waals surface area contributed by atoms with Crippen LogP contribution in [0.4, 0.5) is 17.6 Å². The molecule has 1 aromatic rings. The molecule has 1 N–H and O–H groups in total. The summed E-state index contributed by atoms with van der Waals surface area (Å²) < 4.78 is 55.1. The fraction of sp³-hybridized carbons (Fsp3) is 0.875. The van der Waals surface area contributed by atoms with Crippen LogP contribution in [0, 0.1) is 0 Å². The van der Waals surface area contributed by atoms with Crippen LogP contribution in [0.15, 0.2) is 0 Å². The van der Waals surface area contributed by atoms with Gasteiger partial charge in [0.25, 0.3) is 0 Å². The minimum Gasteiger partial charge on any atom is -0.383 e. The quantitative estimate of drug-likeness (QED) is 0.544. The fourth-order valence-corrected chi connectivity index (χ4v) is 1.12. The number of hydrogen-bond acceptors (Lipinski definition) is 5. The van der Waals surface area contributed by atoms with E-state index in [0.717, 1.165) is 0 Å². The molecule has 10 heteroatoms. The van der Waals surface area contributed by atoms with Gasteiger partial charge in [-0.3, -0.25) is 0 Å². The molecule has 0 aliphatic heterocycles. The second-order valence-corrected chi connectivity index (χ2v) is 3.48. The molecule has 1 aromatic heterocycles. The van der Waals surface area contributed by atoms with Gasteiger partial charge < -0.3 is 10.1 Å². The molecule has 104 valence electrons. The van der Waals surface area contributed by atoms with Gasteiger partial charge in [0.15, 0.2) is 5.82 Å². The number of aromatic nitrogens is 4. The highest BCUT2D eigenvalue weighted by Gasteiger charge is 2.42. The normalized spacial score (nSPS) is 12.3. The van der Waals surface area contributed by atoms with Gasteiger partial charge >= 0.3 is 12.3 Å². The molecule has 0 atom stereocenters. The van der Waals surface area contributed by atoms with Crippen LogP contribution in [0.3, 0.4) is 0 Å². The van der Waals surface area contributed by atoms with Gasteiger partial charge in [0.1, 0.15) is 6.54 Å². The molecule has 0 aromatic carbocycles. The van der Waals surface area contributed by atoms with Crippen molar-refractivity contribution in [2.75, 3.05) is 20.3 Å². The van der Waals surface area contributed by atoms with Crippen LogP contribution in [0.5, 0.6) is 0 Å². The Kier molecular flexibility index (Phi) is 5.41. The van der Waals surface area contributed by atoms with Crippen LogP contribution in [0.25, 0.3) is 0 Å². The largest absolute Gasteiger partial charge is 0.383 e. The van der Waals surface area contributed by atoms with E-state index in [0.29, 0.717) is 17.8 Å². The Morgan fingerprint density at radius 3 is 2.78 bits per heavy atom. The van der Waals surface area contributed by atoms with E-state index in [1.54, 1.807) is 0 Å². The Bertz CT molecular complexity index is 359. The number of alkyl halides is 4. The molecule has 0 aliphatic carbocycles. The SMILES string of the molecule is COCCNCc1nnnn1CC(F)(F)C(F)F. The van der Waals surface area contributed by atoms with Gasteiger partial charge in [-0.15, -0.1) is 5.10 Å². The van der Waals surface area contributed by atoms with E-state index >= 15 is 0 Å². The lowest BCUT2D eigenvalue weighted by atomic mass is 10.3. The van der Waals surface area contributed by atoms with Crippen molar-refractivity contribution < 1.29 is 22.3 Å². The van der Waals surface area contributed by atoms with Crippen molar-refractivity contribution in [3.8, 4) is 0 Å². The number of tetrazole rings is 1. The fourth-order valence-electron chi connectivity index (χ4n) is 1.12. The third-order valence-corrected chi connectivity index (χ3v) is 2.05. The van der Waals surface area contributed by atoms with E-state index in [2.05, 4.69) is 20.8 Å². The van der Waals surface area contributed by atoms with Crippen LogP contribution in [0.1, 0.15) is 5.82 Å². The van der Waals surface area contributed by atoms with E-state index in [9.17, 15) is 17.6 Å². The van der Waals surface area contributed by atoms with E-state index < -0.39 is 18.9 Å². The van der Waals surface area contributed by atoms with Crippen LogP contribution in [-0.2, 0) is 17.8 Å². The zero-order valence-electron chi connectivity index (χ0n) is 9.61. The molecule has 0 radical (unpaired) electrons. The van der Waals surface area contributed by atoms with Gasteiger partial charge in [-0.2, -0.15) is 8.78 Å². The van der Waals surface area contributed by atoms with Gasteiger partial charge in [-0.05, 0) is 10.4 Å². The van der Waals surface area contributed by atoms with Gasteiger partial charge in [0.2, 0.25) is 0 Å². The Balaban J connectivity index is 2.54. The molecule has 0 saturated heterocycles. The Labute approximate surface area is 100 Å². The van der Waals surface area contributed by atoms with Crippen LogP contribution in [0.2, 0.25) is 0 Å². The van der Waals surface area contributed by atoms with Crippen LogP contribution < -0.4 is 5.32 Å². The lowest BCUT2D eigenvalue weighted by Crippen LogP contribution is -2.34. The summed E-state index contributed by atoms with van der Waals surface area (Å²) in [6, 6.07) is 0. The number of methoxy groups -OCH3 is 1. The molecule has 6 nitrogen and oxygen atoms in total. The van der Waals surface area contributed by atoms with Crippen molar-refractivity contribution in [3.05, 3.63) is 5.82 Å². The average Bonchev–Trinajstić information content (AvgIpc) is 2.71. The Morgan fingerprint density at radius 2 is 2.17 bits per heavy atom. The van der Waals surface area contributed by atoms with E-state index in [4.69, 9.17) is 4.74 Å². The number of nitrogens with one attached hydrogen (secondary N) is 1. The molecule has 1 heterocycles. The minimum atomic E-state index is -4.16. The summed E-state index contributed by atoms with van der Waals surface area (Å²) in [6.45, 7) is -0.266. The molecule has 0 unspecified atom stereocenters. The highest BCUT2D eigenvalue weighted by molar-refractivity contribution is 4.83. The maximum atomic E-state index is 12.8. The van der Waals surface area contributed by atoms with Crippen LogP contribution in [-0.4, -0.2) is 52.8 Å². The number of halogens is 4. The van der Waals surface area contributed by atoms with Gasteiger partial charge in [-0.25, -0.2) is 13.5 Å². The first-order valence-electron chi connectivity index (χ1n) is 5.08.